The average molecular weight is 344 g/mol. The van der Waals surface area contributed by atoms with Gasteiger partial charge in [-0.05, 0) is 43.7 Å². The van der Waals surface area contributed by atoms with Gasteiger partial charge in [0.1, 0.15) is 0 Å². The Morgan fingerprint density at radius 1 is 0.917 bits per heavy atom. The minimum absolute atomic E-state index is 0.174. The average Bonchev–Trinajstić information content (AvgIpc) is 2.71. The van der Waals surface area contributed by atoms with Crippen molar-refractivity contribution in [3.05, 3.63) is 58.7 Å². The van der Waals surface area contributed by atoms with Crippen LogP contribution in [-0.2, 0) is 10.0 Å². The van der Waals surface area contributed by atoms with Crippen LogP contribution >= 0.6 is 0 Å². The summed E-state index contributed by atoms with van der Waals surface area (Å²) in [5.41, 5.74) is 2.32. The fourth-order valence-corrected chi connectivity index (χ4v) is 4.01. The van der Waals surface area contributed by atoms with E-state index in [9.17, 15) is 18.0 Å². The number of anilines is 1. The van der Waals surface area contributed by atoms with Crippen molar-refractivity contribution in [1.82, 2.24) is 4.90 Å². The Bertz CT molecular complexity index is 980. The Labute approximate surface area is 140 Å². The van der Waals surface area contributed by atoms with E-state index in [1.807, 2.05) is 6.92 Å². The van der Waals surface area contributed by atoms with Gasteiger partial charge in [0.25, 0.3) is 21.8 Å². The summed E-state index contributed by atoms with van der Waals surface area (Å²) in [7, 11) is -2.39. The fraction of sp³-hybridized carbons (Fsp3) is 0.176. The highest BCUT2D eigenvalue weighted by molar-refractivity contribution is 7.92. The SMILES string of the molecule is Cc1ccc(S(=O)(=O)Nc2ccc3c(c2)C(=O)N(C)C3=O)c(C)c1. The van der Waals surface area contributed by atoms with Crippen molar-refractivity contribution in [2.45, 2.75) is 18.7 Å². The van der Waals surface area contributed by atoms with E-state index in [2.05, 4.69) is 4.72 Å². The Morgan fingerprint density at radius 2 is 1.58 bits per heavy atom. The normalized spacial score (nSPS) is 14.0. The molecular weight excluding hydrogens is 328 g/mol. The molecule has 7 heteroatoms. The zero-order chi connectivity index (χ0) is 17.6. The number of nitrogens with zero attached hydrogens (tertiary/aromatic N) is 1. The van der Waals surface area contributed by atoms with Crippen molar-refractivity contribution in [3.63, 3.8) is 0 Å². The molecular formula is C17H16N2O4S. The number of hydrogen-bond donors (Lipinski definition) is 1. The number of imide groups is 1. The molecule has 1 N–H and O–H groups in total. The number of carbonyl (C=O) groups is 2. The van der Waals surface area contributed by atoms with E-state index in [0.29, 0.717) is 5.56 Å². The first-order valence-corrected chi connectivity index (χ1v) is 8.75. The molecule has 0 spiro atoms. The van der Waals surface area contributed by atoms with E-state index >= 15 is 0 Å². The van der Waals surface area contributed by atoms with Gasteiger partial charge in [-0.15, -0.1) is 0 Å². The maximum Gasteiger partial charge on any atom is 0.262 e. The summed E-state index contributed by atoms with van der Waals surface area (Å²) in [5.74, 6) is -0.832. The first kappa shape index (κ1) is 16.2. The third kappa shape index (κ3) is 2.56. The van der Waals surface area contributed by atoms with Crippen LogP contribution in [0.25, 0.3) is 0 Å². The third-order valence-corrected chi connectivity index (χ3v) is 5.50. The fourth-order valence-electron chi connectivity index (χ4n) is 2.74. The molecule has 0 saturated carbocycles. The molecule has 1 aliphatic rings. The lowest BCUT2D eigenvalue weighted by Gasteiger charge is -2.11. The van der Waals surface area contributed by atoms with Crippen molar-refractivity contribution < 1.29 is 18.0 Å². The van der Waals surface area contributed by atoms with E-state index in [4.69, 9.17) is 0 Å². The Hall–Kier alpha value is -2.67. The van der Waals surface area contributed by atoms with Crippen LogP contribution in [0.5, 0.6) is 0 Å². The third-order valence-electron chi connectivity index (χ3n) is 3.96. The molecule has 2 aromatic carbocycles. The predicted octanol–water partition coefficient (Wildman–Crippen LogP) is 2.33. The van der Waals surface area contributed by atoms with Crippen LogP contribution in [0.3, 0.4) is 0 Å². The van der Waals surface area contributed by atoms with Gasteiger partial charge in [0, 0.05) is 12.7 Å². The van der Waals surface area contributed by atoms with Gasteiger partial charge in [-0.2, -0.15) is 0 Å². The monoisotopic (exact) mass is 344 g/mol. The predicted molar refractivity (Wildman–Crippen MR) is 89.6 cm³/mol. The van der Waals surface area contributed by atoms with E-state index in [1.54, 1.807) is 25.1 Å². The van der Waals surface area contributed by atoms with Crippen LogP contribution in [0, 0.1) is 13.8 Å². The van der Waals surface area contributed by atoms with Gasteiger partial charge in [-0.3, -0.25) is 19.2 Å². The number of nitrogens with one attached hydrogen (secondary N) is 1. The smallest absolute Gasteiger partial charge is 0.262 e. The minimum atomic E-state index is -3.78. The lowest BCUT2D eigenvalue weighted by Crippen LogP contribution is -2.24. The summed E-state index contributed by atoms with van der Waals surface area (Å²) in [4.78, 5) is 25.1. The summed E-state index contributed by atoms with van der Waals surface area (Å²) in [6.45, 7) is 3.61. The topological polar surface area (TPSA) is 83.6 Å². The molecule has 1 aliphatic heterocycles. The quantitative estimate of drug-likeness (QED) is 0.866. The number of carbonyl (C=O) groups excluding carboxylic acids is 2. The molecule has 24 heavy (non-hydrogen) atoms. The first-order valence-electron chi connectivity index (χ1n) is 7.27. The van der Waals surface area contributed by atoms with Crippen molar-refractivity contribution >= 4 is 27.5 Å². The second-order valence-electron chi connectivity index (χ2n) is 5.80. The van der Waals surface area contributed by atoms with Gasteiger partial charge in [0.05, 0.1) is 16.0 Å². The van der Waals surface area contributed by atoms with Gasteiger partial charge in [0.2, 0.25) is 0 Å². The van der Waals surface area contributed by atoms with Crippen LogP contribution in [0.1, 0.15) is 31.8 Å². The van der Waals surface area contributed by atoms with Crippen molar-refractivity contribution in [1.29, 1.82) is 0 Å². The summed E-state index contributed by atoms with van der Waals surface area (Å²) < 4.78 is 27.6. The molecule has 2 aromatic rings. The van der Waals surface area contributed by atoms with E-state index in [-0.39, 0.29) is 21.7 Å². The zero-order valence-corrected chi connectivity index (χ0v) is 14.3. The molecule has 0 unspecified atom stereocenters. The maximum absolute atomic E-state index is 12.6. The summed E-state index contributed by atoms with van der Waals surface area (Å²) in [6, 6.07) is 9.38. The van der Waals surface area contributed by atoms with E-state index < -0.39 is 21.8 Å². The van der Waals surface area contributed by atoms with E-state index in [1.165, 1.54) is 25.2 Å². The first-order chi connectivity index (χ1) is 11.2. The van der Waals surface area contributed by atoms with Crippen LogP contribution in [0.4, 0.5) is 5.69 Å². The molecule has 0 bridgehead atoms. The molecule has 124 valence electrons. The Balaban J connectivity index is 1.98. The van der Waals surface area contributed by atoms with Gasteiger partial charge >= 0.3 is 0 Å². The van der Waals surface area contributed by atoms with Crippen LogP contribution < -0.4 is 4.72 Å². The summed E-state index contributed by atoms with van der Waals surface area (Å²) in [5, 5.41) is 0. The second kappa shape index (κ2) is 5.45. The number of rotatable bonds is 3. The molecule has 0 atom stereocenters. The summed E-state index contributed by atoms with van der Waals surface area (Å²) in [6.07, 6.45) is 0. The largest absolute Gasteiger partial charge is 0.280 e. The standard InChI is InChI=1S/C17H16N2O4S/c1-10-4-7-15(11(2)8-10)24(22,23)18-12-5-6-13-14(9-12)17(21)19(3)16(13)20/h4-9,18H,1-3H3. The lowest BCUT2D eigenvalue weighted by atomic mass is 10.1. The molecule has 2 amide bonds. The number of fused-ring (bicyclic) bond motifs is 1. The van der Waals surface area contributed by atoms with Crippen molar-refractivity contribution in [2.24, 2.45) is 0 Å². The van der Waals surface area contributed by atoms with E-state index in [0.717, 1.165) is 10.5 Å². The maximum atomic E-state index is 12.6. The van der Waals surface area contributed by atoms with Crippen molar-refractivity contribution in [3.8, 4) is 0 Å². The minimum Gasteiger partial charge on any atom is -0.280 e. The Morgan fingerprint density at radius 3 is 2.25 bits per heavy atom. The zero-order valence-electron chi connectivity index (χ0n) is 13.5. The van der Waals surface area contributed by atoms with Gasteiger partial charge in [-0.1, -0.05) is 17.7 Å². The van der Waals surface area contributed by atoms with Crippen LogP contribution in [0.15, 0.2) is 41.3 Å². The second-order valence-corrected chi connectivity index (χ2v) is 7.45. The van der Waals surface area contributed by atoms with Gasteiger partial charge in [-0.25, -0.2) is 8.42 Å². The molecule has 1 heterocycles. The molecule has 6 nitrogen and oxygen atoms in total. The van der Waals surface area contributed by atoms with Crippen LogP contribution in [0.2, 0.25) is 0 Å². The van der Waals surface area contributed by atoms with Crippen LogP contribution in [-0.4, -0.2) is 32.2 Å². The number of hydrogen-bond acceptors (Lipinski definition) is 4. The highest BCUT2D eigenvalue weighted by Gasteiger charge is 2.33. The van der Waals surface area contributed by atoms with Gasteiger partial charge < -0.3 is 0 Å². The number of benzene rings is 2. The highest BCUT2D eigenvalue weighted by Crippen LogP contribution is 2.26. The molecule has 3 rings (SSSR count). The molecule has 0 saturated heterocycles. The van der Waals surface area contributed by atoms with Gasteiger partial charge in [0.15, 0.2) is 0 Å². The number of sulfonamides is 1. The highest BCUT2D eigenvalue weighted by atomic mass is 32.2. The number of amides is 2. The van der Waals surface area contributed by atoms with Crippen molar-refractivity contribution in [2.75, 3.05) is 11.8 Å². The molecule has 0 fully saturated rings. The molecule has 0 radical (unpaired) electrons. The Kier molecular flexibility index (Phi) is 3.68. The molecule has 0 aromatic heterocycles. The molecule has 0 aliphatic carbocycles. The summed E-state index contributed by atoms with van der Waals surface area (Å²) >= 11 is 0. The number of aryl methyl sites for hydroxylation is 2. The lowest BCUT2D eigenvalue weighted by molar-refractivity contribution is 0.0693.